The Bertz CT molecular complexity index is 1410. The van der Waals surface area contributed by atoms with Crippen LogP contribution in [0, 0.1) is 5.92 Å². The van der Waals surface area contributed by atoms with Gasteiger partial charge in [0.1, 0.15) is 5.82 Å². The number of fused-ring (bicyclic) bond motifs is 1. The molecule has 0 saturated heterocycles. The van der Waals surface area contributed by atoms with Crippen molar-refractivity contribution in [2.75, 3.05) is 17.2 Å². The van der Waals surface area contributed by atoms with Crippen LogP contribution >= 0.6 is 11.3 Å². The standard InChI is InChI=1S/C24H25N5O3S/c1-15(2)10-11-28(23(31)17-8-9-18-19(12-17)33-14-26-18)20-21(25)29(24(32)27-22(20)30)13-16-6-4-3-5-7-16/h3-9,12,14-15H,10-11,13,25H2,1-2H3,(H,27,30,32). The number of nitrogens with zero attached hydrogens (tertiary/aromatic N) is 3. The lowest BCUT2D eigenvalue weighted by Gasteiger charge is -2.25. The molecule has 0 fully saturated rings. The van der Waals surface area contributed by atoms with E-state index in [1.165, 1.54) is 20.8 Å². The maximum Gasteiger partial charge on any atom is 0.330 e. The third kappa shape index (κ3) is 4.73. The van der Waals surface area contributed by atoms with E-state index in [4.69, 9.17) is 5.73 Å². The van der Waals surface area contributed by atoms with Gasteiger partial charge in [0.05, 0.1) is 22.3 Å². The minimum Gasteiger partial charge on any atom is -0.383 e. The molecular weight excluding hydrogens is 438 g/mol. The molecule has 2 aromatic heterocycles. The van der Waals surface area contributed by atoms with Gasteiger partial charge in [-0.15, -0.1) is 11.3 Å². The molecular formula is C24H25N5O3S. The van der Waals surface area contributed by atoms with E-state index in [-0.39, 0.29) is 30.5 Å². The van der Waals surface area contributed by atoms with Crippen LogP contribution in [0.15, 0.2) is 63.6 Å². The number of H-pyrrole nitrogens is 1. The molecule has 0 unspecified atom stereocenters. The van der Waals surface area contributed by atoms with Crippen molar-refractivity contribution in [1.29, 1.82) is 0 Å². The first-order valence-electron chi connectivity index (χ1n) is 10.7. The van der Waals surface area contributed by atoms with Gasteiger partial charge in [-0.3, -0.25) is 19.1 Å². The Kier molecular flexibility index (Phi) is 6.41. The molecule has 4 rings (SSSR count). The van der Waals surface area contributed by atoms with E-state index in [1.807, 2.05) is 44.2 Å². The molecule has 0 spiro atoms. The molecule has 0 aliphatic heterocycles. The van der Waals surface area contributed by atoms with E-state index >= 15 is 0 Å². The number of rotatable bonds is 7. The van der Waals surface area contributed by atoms with Crippen LogP contribution in [0.2, 0.25) is 0 Å². The average molecular weight is 464 g/mol. The summed E-state index contributed by atoms with van der Waals surface area (Å²) in [5.41, 5.74) is 8.85. The van der Waals surface area contributed by atoms with Crippen LogP contribution in [-0.4, -0.2) is 27.0 Å². The predicted octanol–water partition coefficient (Wildman–Crippen LogP) is 3.47. The number of hydrogen-bond acceptors (Lipinski definition) is 6. The number of carbonyl (C=O) groups is 1. The number of nitrogen functional groups attached to an aromatic ring is 1. The number of nitrogens with two attached hydrogens (primary N) is 1. The summed E-state index contributed by atoms with van der Waals surface area (Å²) in [5, 5.41) is 0. The van der Waals surface area contributed by atoms with Crippen molar-refractivity contribution in [3.05, 3.63) is 86.0 Å². The SMILES string of the molecule is CC(C)CCN(C(=O)c1ccc2ncsc2c1)c1c(N)n(Cc2ccccc2)c(=O)[nH]c1=O. The Labute approximate surface area is 194 Å². The molecule has 0 atom stereocenters. The number of thiazole rings is 1. The quantitative estimate of drug-likeness (QED) is 0.436. The molecule has 4 aromatic rings. The minimum atomic E-state index is -0.683. The first kappa shape index (κ1) is 22.5. The Hall–Kier alpha value is -3.72. The Balaban J connectivity index is 1.81. The smallest absolute Gasteiger partial charge is 0.330 e. The molecule has 0 bridgehead atoms. The predicted molar refractivity (Wildman–Crippen MR) is 132 cm³/mol. The van der Waals surface area contributed by atoms with Crippen molar-refractivity contribution >= 4 is 39.0 Å². The maximum absolute atomic E-state index is 13.6. The molecule has 33 heavy (non-hydrogen) atoms. The van der Waals surface area contributed by atoms with E-state index in [2.05, 4.69) is 9.97 Å². The summed E-state index contributed by atoms with van der Waals surface area (Å²) in [6.07, 6.45) is 0.658. The van der Waals surface area contributed by atoms with Crippen LogP contribution in [0.5, 0.6) is 0 Å². The van der Waals surface area contributed by atoms with E-state index in [9.17, 15) is 14.4 Å². The molecule has 9 heteroatoms. The van der Waals surface area contributed by atoms with Gasteiger partial charge < -0.3 is 10.6 Å². The first-order chi connectivity index (χ1) is 15.8. The lowest BCUT2D eigenvalue weighted by atomic mass is 10.1. The lowest BCUT2D eigenvalue weighted by molar-refractivity contribution is 0.0985. The molecule has 0 aliphatic rings. The number of aromatic nitrogens is 3. The van der Waals surface area contributed by atoms with Gasteiger partial charge >= 0.3 is 5.69 Å². The van der Waals surface area contributed by atoms with E-state index in [0.717, 1.165) is 15.8 Å². The highest BCUT2D eigenvalue weighted by Gasteiger charge is 2.26. The van der Waals surface area contributed by atoms with E-state index in [0.29, 0.717) is 17.9 Å². The number of nitrogens with one attached hydrogen (secondary N) is 1. The number of anilines is 2. The largest absolute Gasteiger partial charge is 0.383 e. The lowest BCUT2D eigenvalue weighted by Crippen LogP contribution is -2.42. The highest BCUT2D eigenvalue weighted by Crippen LogP contribution is 2.24. The maximum atomic E-state index is 13.6. The number of benzene rings is 2. The number of amides is 1. The monoisotopic (exact) mass is 463 g/mol. The summed E-state index contributed by atoms with van der Waals surface area (Å²) in [7, 11) is 0. The molecule has 2 heterocycles. The van der Waals surface area contributed by atoms with Gasteiger partial charge in [-0.1, -0.05) is 44.2 Å². The van der Waals surface area contributed by atoms with Crippen molar-refractivity contribution in [2.45, 2.75) is 26.8 Å². The summed E-state index contributed by atoms with van der Waals surface area (Å²) >= 11 is 1.44. The summed E-state index contributed by atoms with van der Waals surface area (Å²) in [5.74, 6) is -0.101. The van der Waals surface area contributed by atoms with Gasteiger partial charge in [-0.05, 0) is 36.1 Å². The van der Waals surface area contributed by atoms with Crippen molar-refractivity contribution in [3.63, 3.8) is 0 Å². The van der Waals surface area contributed by atoms with Crippen LogP contribution < -0.4 is 21.9 Å². The van der Waals surface area contributed by atoms with Crippen LogP contribution in [-0.2, 0) is 6.54 Å². The third-order valence-electron chi connectivity index (χ3n) is 5.42. The number of hydrogen-bond donors (Lipinski definition) is 2. The highest BCUT2D eigenvalue weighted by molar-refractivity contribution is 7.16. The second kappa shape index (κ2) is 9.41. The summed E-state index contributed by atoms with van der Waals surface area (Å²) < 4.78 is 2.16. The zero-order valence-corrected chi connectivity index (χ0v) is 19.3. The second-order valence-electron chi connectivity index (χ2n) is 8.24. The van der Waals surface area contributed by atoms with Gasteiger partial charge in [0.2, 0.25) is 0 Å². The van der Waals surface area contributed by atoms with Crippen molar-refractivity contribution in [2.24, 2.45) is 5.92 Å². The number of carbonyl (C=O) groups excluding carboxylic acids is 1. The van der Waals surface area contributed by atoms with Crippen molar-refractivity contribution < 1.29 is 4.79 Å². The van der Waals surface area contributed by atoms with Gasteiger partial charge in [0.15, 0.2) is 5.69 Å². The van der Waals surface area contributed by atoms with Crippen LogP contribution in [0.4, 0.5) is 11.5 Å². The van der Waals surface area contributed by atoms with Gasteiger partial charge in [-0.2, -0.15) is 0 Å². The molecule has 3 N–H and O–H groups in total. The Morgan fingerprint density at radius 1 is 1.18 bits per heavy atom. The van der Waals surface area contributed by atoms with E-state index < -0.39 is 11.2 Å². The third-order valence-corrected chi connectivity index (χ3v) is 6.21. The molecule has 0 saturated carbocycles. The molecule has 1 amide bonds. The van der Waals surface area contributed by atoms with Crippen LogP contribution in [0.1, 0.15) is 36.2 Å². The van der Waals surface area contributed by atoms with E-state index in [1.54, 1.807) is 23.7 Å². The van der Waals surface area contributed by atoms with Crippen LogP contribution in [0.3, 0.4) is 0 Å². The van der Waals surface area contributed by atoms with Crippen molar-refractivity contribution in [3.8, 4) is 0 Å². The zero-order valence-electron chi connectivity index (χ0n) is 18.4. The minimum absolute atomic E-state index is 0.0133. The molecule has 170 valence electrons. The van der Waals surface area contributed by atoms with Gasteiger partial charge in [0, 0.05) is 12.1 Å². The first-order valence-corrected chi connectivity index (χ1v) is 11.5. The van der Waals surface area contributed by atoms with Crippen molar-refractivity contribution in [1.82, 2.24) is 14.5 Å². The normalized spacial score (nSPS) is 11.2. The Morgan fingerprint density at radius 2 is 1.94 bits per heavy atom. The summed E-state index contributed by atoms with van der Waals surface area (Å²) in [6, 6.07) is 14.6. The molecule has 2 aromatic carbocycles. The highest BCUT2D eigenvalue weighted by atomic mass is 32.1. The second-order valence-corrected chi connectivity index (χ2v) is 9.13. The fourth-order valence-electron chi connectivity index (χ4n) is 3.61. The summed E-state index contributed by atoms with van der Waals surface area (Å²) in [4.78, 5) is 47.1. The average Bonchev–Trinajstić information content (AvgIpc) is 3.26. The fraction of sp³-hybridized carbons (Fsp3) is 0.250. The van der Waals surface area contributed by atoms with Gasteiger partial charge in [0.25, 0.3) is 11.5 Å². The Morgan fingerprint density at radius 3 is 2.67 bits per heavy atom. The molecule has 8 nitrogen and oxygen atoms in total. The summed E-state index contributed by atoms with van der Waals surface area (Å²) in [6.45, 7) is 4.54. The topological polar surface area (TPSA) is 114 Å². The van der Waals surface area contributed by atoms with Crippen LogP contribution in [0.25, 0.3) is 10.2 Å². The molecule has 0 aliphatic carbocycles. The van der Waals surface area contributed by atoms with Gasteiger partial charge in [-0.25, -0.2) is 9.78 Å². The fourth-order valence-corrected chi connectivity index (χ4v) is 4.32. The molecule has 0 radical (unpaired) electrons. The number of aromatic amines is 1. The zero-order chi connectivity index (χ0) is 23.5.